The van der Waals surface area contributed by atoms with Crippen molar-refractivity contribution >= 4 is 5.82 Å². The molecule has 0 spiro atoms. The van der Waals surface area contributed by atoms with Gasteiger partial charge in [0, 0.05) is 24.2 Å². The van der Waals surface area contributed by atoms with Crippen LogP contribution in [0.4, 0.5) is 14.6 Å². The third kappa shape index (κ3) is 2.54. The number of hydrogen-bond acceptors (Lipinski definition) is 3. The lowest BCUT2D eigenvalue weighted by Crippen LogP contribution is -2.05. The Balaban J connectivity index is 2.68. The highest BCUT2D eigenvalue weighted by Crippen LogP contribution is 2.33. The summed E-state index contributed by atoms with van der Waals surface area (Å²) in [6.45, 7) is 3.95. The third-order valence-electron chi connectivity index (χ3n) is 2.88. The SMILES string of the molecule is CNc1ncnc(-c2ccc(F)cc2F)c1C(C)C. The van der Waals surface area contributed by atoms with Crippen molar-refractivity contribution in [3.8, 4) is 11.3 Å². The van der Waals surface area contributed by atoms with E-state index in [9.17, 15) is 8.78 Å². The van der Waals surface area contributed by atoms with E-state index in [2.05, 4.69) is 15.3 Å². The zero-order chi connectivity index (χ0) is 14.0. The number of benzene rings is 1. The average Bonchev–Trinajstić information content (AvgIpc) is 2.37. The van der Waals surface area contributed by atoms with Crippen molar-refractivity contribution in [3.05, 3.63) is 41.7 Å². The summed E-state index contributed by atoms with van der Waals surface area (Å²) in [4.78, 5) is 8.29. The van der Waals surface area contributed by atoms with Gasteiger partial charge in [0.1, 0.15) is 23.8 Å². The molecule has 0 unspecified atom stereocenters. The first-order valence-electron chi connectivity index (χ1n) is 6.02. The molecule has 0 amide bonds. The Morgan fingerprint density at radius 2 is 1.89 bits per heavy atom. The highest BCUT2D eigenvalue weighted by molar-refractivity contribution is 5.69. The van der Waals surface area contributed by atoms with Gasteiger partial charge in [0.05, 0.1) is 5.69 Å². The second-order valence-electron chi connectivity index (χ2n) is 4.51. The summed E-state index contributed by atoms with van der Waals surface area (Å²) in [5.41, 5.74) is 1.59. The minimum Gasteiger partial charge on any atom is -0.373 e. The maximum atomic E-state index is 13.9. The van der Waals surface area contributed by atoms with Gasteiger partial charge in [0.2, 0.25) is 0 Å². The van der Waals surface area contributed by atoms with E-state index in [0.29, 0.717) is 11.5 Å². The molecule has 5 heteroatoms. The lowest BCUT2D eigenvalue weighted by atomic mass is 9.97. The zero-order valence-corrected chi connectivity index (χ0v) is 11.0. The first-order chi connectivity index (χ1) is 9.04. The van der Waals surface area contributed by atoms with Crippen molar-refractivity contribution in [2.75, 3.05) is 12.4 Å². The van der Waals surface area contributed by atoms with E-state index in [4.69, 9.17) is 0 Å². The maximum absolute atomic E-state index is 13.9. The van der Waals surface area contributed by atoms with Crippen molar-refractivity contribution < 1.29 is 8.78 Å². The molecule has 1 aromatic heterocycles. The van der Waals surface area contributed by atoms with Crippen LogP contribution in [-0.4, -0.2) is 17.0 Å². The van der Waals surface area contributed by atoms with Crippen LogP contribution >= 0.6 is 0 Å². The molecule has 100 valence electrons. The van der Waals surface area contributed by atoms with Crippen molar-refractivity contribution in [1.82, 2.24) is 9.97 Å². The molecule has 0 aliphatic rings. The van der Waals surface area contributed by atoms with Gasteiger partial charge in [-0.15, -0.1) is 0 Å². The van der Waals surface area contributed by atoms with Crippen molar-refractivity contribution in [2.45, 2.75) is 19.8 Å². The Morgan fingerprint density at radius 1 is 1.16 bits per heavy atom. The van der Waals surface area contributed by atoms with Crippen LogP contribution in [0, 0.1) is 11.6 Å². The molecule has 1 heterocycles. The van der Waals surface area contributed by atoms with Gasteiger partial charge in [-0.25, -0.2) is 18.7 Å². The Bertz CT molecular complexity index is 597. The highest BCUT2D eigenvalue weighted by atomic mass is 19.1. The van der Waals surface area contributed by atoms with E-state index in [1.165, 1.54) is 18.5 Å². The molecule has 19 heavy (non-hydrogen) atoms. The molecule has 2 rings (SSSR count). The van der Waals surface area contributed by atoms with Gasteiger partial charge < -0.3 is 5.32 Å². The highest BCUT2D eigenvalue weighted by Gasteiger charge is 2.18. The molecule has 1 N–H and O–H groups in total. The van der Waals surface area contributed by atoms with Crippen molar-refractivity contribution in [1.29, 1.82) is 0 Å². The van der Waals surface area contributed by atoms with Crippen molar-refractivity contribution in [3.63, 3.8) is 0 Å². The number of aromatic nitrogens is 2. The molecule has 0 aliphatic heterocycles. The van der Waals surface area contributed by atoms with Crippen molar-refractivity contribution in [2.24, 2.45) is 0 Å². The van der Waals surface area contributed by atoms with E-state index in [0.717, 1.165) is 11.6 Å². The van der Waals surface area contributed by atoms with Gasteiger partial charge in [0.15, 0.2) is 0 Å². The predicted octanol–water partition coefficient (Wildman–Crippen LogP) is 3.59. The number of rotatable bonds is 3. The summed E-state index contributed by atoms with van der Waals surface area (Å²) < 4.78 is 26.9. The maximum Gasteiger partial charge on any atom is 0.135 e. The quantitative estimate of drug-likeness (QED) is 0.919. The monoisotopic (exact) mass is 263 g/mol. The normalized spacial score (nSPS) is 10.8. The van der Waals surface area contributed by atoms with E-state index in [-0.39, 0.29) is 11.5 Å². The minimum absolute atomic E-state index is 0.114. The van der Waals surface area contributed by atoms with Gasteiger partial charge in [-0.1, -0.05) is 13.8 Å². The fourth-order valence-electron chi connectivity index (χ4n) is 2.04. The Kier molecular flexibility index (Phi) is 3.74. The molecule has 0 bridgehead atoms. The molecule has 0 radical (unpaired) electrons. The van der Waals surface area contributed by atoms with E-state index >= 15 is 0 Å². The largest absolute Gasteiger partial charge is 0.373 e. The van der Waals surface area contributed by atoms with E-state index in [1.807, 2.05) is 13.8 Å². The standard InChI is InChI=1S/C14H15F2N3/c1-8(2)12-13(18-7-19-14(12)17-3)10-5-4-9(15)6-11(10)16/h4-8H,1-3H3,(H,17,18,19). The molecular formula is C14H15F2N3. The lowest BCUT2D eigenvalue weighted by molar-refractivity contribution is 0.585. The minimum atomic E-state index is -0.623. The molecule has 0 saturated carbocycles. The van der Waals surface area contributed by atoms with Crippen LogP contribution in [0.5, 0.6) is 0 Å². The van der Waals surface area contributed by atoms with Gasteiger partial charge in [-0.3, -0.25) is 0 Å². The van der Waals surface area contributed by atoms with Crippen LogP contribution in [0.3, 0.4) is 0 Å². The fraction of sp³-hybridized carbons (Fsp3) is 0.286. The number of nitrogens with zero attached hydrogens (tertiary/aromatic N) is 2. The second kappa shape index (κ2) is 5.30. The first kappa shape index (κ1) is 13.4. The smallest absolute Gasteiger partial charge is 0.135 e. The summed E-state index contributed by atoms with van der Waals surface area (Å²) in [7, 11) is 1.75. The zero-order valence-electron chi connectivity index (χ0n) is 11.0. The van der Waals surface area contributed by atoms with Crippen LogP contribution in [-0.2, 0) is 0 Å². The molecule has 1 aromatic carbocycles. The van der Waals surface area contributed by atoms with Crippen LogP contribution in [0.15, 0.2) is 24.5 Å². The number of halogens is 2. The Labute approximate surface area is 110 Å². The van der Waals surface area contributed by atoms with Crippen LogP contribution in [0.1, 0.15) is 25.3 Å². The van der Waals surface area contributed by atoms with Gasteiger partial charge in [0.25, 0.3) is 0 Å². The molecular weight excluding hydrogens is 248 g/mol. The average molecular weight is 263 g/mol. The van der Waals surface area contributed by atoms with Crippen LogP contribution < -0.4 is 5.32 Å². The number of hydrogen-bond donors (Lipinski definition) is 1. The molecule has 0 saturated heterocycles. The topological polar surface area (TPSA) is 37.8 Å². The second-order valence-corrected chi connectivity index (χ2v) is 4.51. The van der Waals surface area contributed by atoms with Gasteiger partial charge in [-0.05, 0) is 18.1 Å². The summed E-state index contributed by atoms with van der Waals surface area (Å²) in [5.74, 6) is -0.454. The van der Waals surface area contributed by atoms with Gasteiger partial charge in [-0.2, -0.15) is 0 Å². The van der Waals surface area contributed by atoms with E-state index in [1.54, 1.807) is 7.05 Å². The molecule has 0 fully saturated rings. The van der Waals surface area contributed by atoms with E-state index < -0.39 is 11.6 Å². The first-order valence-corrected chi connectivity index (χ1v) is 6.02. The van der Waals surface area contributed by atoms with Crippen LogP contribution in [0.25, 0.3) is 11.3 Å². The lowest BCUT2D eigenvalue weighted by Gasteiger charge is -2.16. The third-order valence-corrected chi connectivity index (χ3v) is 2.88. The molecule has 2 aromatic rings. The summed E-state index contributed by atoms with van der Waals surface area (Å²) in [5, 5.41) is 2.97. The Morgan fingerprint density at radius 3 is 2.47 bits per heavy atom. The molecule has 0 aliphatic carbocycles. The number of nitrogens with one attached hydrogen (secondary N) is 1. The van der Waals surface area contributed by atoms with Crippen LogP contribution in [0.2, 0.25) is 0 Å². The molecule has 0 atom stereocenters. The summed E-state index contributed by atoms with van der Waals surface area (Å²) >= 11 is 0. The summed E-state index contributed by atoms with van der Waals surface area (Å²) in [6.07, 6.45) is 1.37. The summed E-state index contributed by atoms with van der Waals surface area (Å²) in [6, 6.07) is 3.49. The number of anilines is 1. The Hall–Kier alpha value is -2.04. The molecule has 3 nitrogen and oxygen atoms in total. The fourth-order valence-corrected chi connectivity index (χ4v) is 2.04. The van der Waals surface area contributed by atoms with Gasteiger partial charge >= 0.3 is 0 Å². The predicted molar refractivity (Wildman–Crippen MR) is 71.0 cm³/mol.